The molecule has 112 valence electrons. The van der Waals surface area contributed by atoms with Crippen molar-refractivity contribution in [2.24, 2.45) is 5.92 Å². The number of nitrogens with one attached hydrogen (secondary N) is 1. The molecule has 1 N–H and O–H groups in total. The van der Waals surface area contributed by atoms with Gasteiger partial charge in [0, 0.05) is 6.61 Å². The van der Waals surface area contributed by atoms with Gasteiger partial charge in [-0.2, -0.15) is 0 Å². The van der Waals surface area contributed by atoms with Crippen molar-refractivity contribution in [3.63, 3.8) is 0 Å². The lowest BCUT2D eigenvalue weighted by Gasteiger charge is -2.33. The molecule has 1 saturated heterocycles. The van der Waals surface area contributed by atoms with Gasteiger partial charge in [-0.3, -0.25) is 10.1 Å². The molecule has 1 amide bonds. The molecule has 0 radical (unpaired) electrons. The third-order valence-corrected chi connectivity index (χ3v) is 3.88. The van der Waals surface area contributed by atoms with Gasteiger partial charge in [-0.25, -0.2) is 0 Å². The third-order valence-electron chi connectivity index (χ3n) is 3.88. The molecule has 0 spiro atoms. The summed E-state index contributed by atoms with van der Waals surface area (Å²) in [5, 5.41) is 3.42. The van der Waals surface area contributed by atoms with Crippen molar-refractivity contribution in [2.45, 2.75) is 72.1 Å². The van der Waals surface area contributed by atoms with Crippen molar-refractivity contribution in [3.8, 4) is 0 Å². The second-order valence-corrected chi connectivity index (χ2v) is 5.75. The molecule has 0 bridgehead atoms. The zero-order valence-electron chi connectivity index (χ0n) is 13.1. The summed E-state index contributed by atoms with van der Waals surface area (Å²) in [4.78, 5) is 14.5. The highest BCUT2D eigenvalue weighted by molar-refractivity contribution is 5.84. The Morgan fingerprint density at radius 1 is 1.37 bits per heavy atom. The maximum Gasteiger partial charge on any atom is 0.241 e. The minimum absolute atomic E-state index is 0.00201. The number of hydrogen-bond acceptors (Lipinski definition) is 3. The Kier molecular flexibility index (Phi) is 6.80. The maximum absolute atomic E-state index is 12.5. The van der Waals surface area contributed by atoms with Gasteiger partial charge in [0.15, 0.2) is 0 Å². The van der Waals surface area contributed by atoms with E-state index in [-0.39, 0.29) is 24.2 Å². The van der Waals surface area contributed by atoms with Gasteiger partial charge in [-0.05, 0) is 26.2 Å². The zero-order chi connectivity index (χ0) is 14.4. The van der Waals surface area contributed by atoms with Crippen LogP contribution in [0.25, 0.3) is 0 Å². The first-order valence-corrected chi connectivity index (χ1v) is 7.68. The van der Waals surface area contributed by atoms with Gasteiger partial charge < -0.3 is 9.64 Å². The molecular formula is C15H30N2O2. The van der Waals surface area contributed by atoms with Crippen LogP contribution < -0.4 is 5.32 Å². The molecule has 1 fully saturated rings. The largest absolute Gasteiger partial charge is 0.380 e. The average Bonchev–Trinajstić information content (AvgIpc) is 2.63. The lowest BCUT2D eigenvalue weighted by Crippen LogP contribution is -2.48. The lowest BCUT2D eigenvalue weighted by molar-refractivity contribution is -0.134. The molecule has 4 nitrogen and oxygen atoms in total. The number of unbranched alkanes of at least 4 members (excludes halogenated alkanes) is 1. The first kappa shape index (κ1) is 16.4. The molecule has 0 aromatic carbocycles. The molecular weight excluding hydrogens is 240 g/mol. The molecule has 0 saturated carbocycles. The fourth-order valence-corrected chi connectivity index (χ4v) is 2.71. The van der Waals surface area contributed by atoms with Crippen molar-refractivity contribution in [2.75, 3.05) is 13.2 Å². The fourth-order valence-electron chi connectivity index (χ4n) is 2.71. The van der Waals surface area contributed by atoms with E-state index < -0.39 is 0 Å². The molecule has 3 unspecified atom stereocenters. The topological polar surface area (TPSA) is 41.6 Å². The second kappa shape index (κ2) is 7.85. The normalized spacial score (nSPS) is 25.4. The number of amides is 1. The van der Waals surface area contributed by atoms with Crippen molar-refractivity contribution < 1.29 is 9.53 Å². The highest BCUT2D eigenvalue weighted by Crippen LogP contribution is 2.22. The fraction of sp³-hybridized carbons (Fsp3) is 0.933. The van der Waals surface area contributed by atoms with E-state index in [9.17, 15) is 4.79 Å². The molecule has 0 aromatic rings. The summed E-state index contributed by atoms with van der Waals surface area (Å²) in [6.07, 6.45) is 3.28. The minimum atomic E-state index is -0.00201. The van der Waals surface area contributed by atoms with Gasteiger partial charge in [-0.1, -0.05) is 33.6 Å². The molecule has 1 heterocycles. The van der Waals surface area contributed by atoms with Crippen LogP contribution in [-0.4, -0.2) is 42.3 Å². The Morgan fingerprint density at radius 2 is 2.05 bits per heavy atom. The number of carbonyl (C=O) groups is 1. The van der Waals surface area contributed by atoms with Crippen molar-refractivity contribution in [3.05, 3.63) is 0 Å². The van der Waals surface area contributed by atoms with Crippen LogP contribution in [0.5, 0.6) is 0 Å². The summed E-state index contributed by atoms with van der Waals surface area (Å²) in [7, 11) is 0. The van der Waals surface area contributed by atoms with Crippen LogP contribution in [0.2, 0.25) is 0 Å². The summed E-state index contributed by atoms with van der Waals surface area (Å²) in [5.74, 6) is 0.657. The Morgan fingerprint density at radius 3 is 2.58 bits per heavy atom. The monoisotopic (exact) mass is 270 g/mol. The third kappa shape index (κ3) is 4.18. The molecule has 19 heavy (non-hydrogen) atoms. The number of carbonyl (C=O) groups excluding carboxylic acids is 1. The molecule has 0 aliphatic carbocycles. The van der Waals surface area contributed by atoms with Crippen LogP contribution in [0.4, 0.5) is 0 Å². The Labute approximate surface area is 117 Å². The summed E-state index contributed by atoms with van der Waals surface area (Å²) < 4.78 is 5.56. The van der Waals surface area contributed by atoms with Gasteiger partial charge in [0.05, 0.1) is 24.9 Å². The van der Waals surface area contributed by atoms with Gasteiger partial charge in [0.25, 0.3) is 0 Å². The van der Waals surface area contributed by atoms with E-state index >= 15 is 0 Å². The van der Waals surface area contributed by atoms with E-state index in [4.69, 9.17) is 4.74 Å². The summed E-state index contributed by atoms with van der Waals surface area (Å²) in [5.41, 5.74) is 0. The van der Waals surface area contributed by atoms with Crippen LogP contribution in [0.15, 0.2) is 0 Å². The van der Waals surface area contributed by atoms with Crippen molar-refractivity contribution in [1.29, 1.82) is 0 Å². The second-order valence-electron chi connectivity index (χ2n) is 5.75. The van der Waals surface area contributed by atoms with Crippen molar-refractivity contribution >= 4 is 5.91 Å². The molecule has 0 aromatic heterocycles. The minimum Gasteiger partial charge on any atom is -0.380 e. The van der Waals surface area contributed by atoms with E-state index in [1.807, 2.05) is 11.8 Å². The Bertz CT molecular complexity index is 281. The number of rotatable bonds is 8. The van der Waals surface area contributed by atoms with E-state index in [0.29, 0.717) is 19.1 Å². The molecule has 1 rings (SSSR count). The first-order valence-electron chi connectivity index (χ1n) is 7.68. The molecule has 3 atom stereocenters. The Balaban J connectivity index is 2.70. The van der Waals surface area contributed by atoms with E-state index in [2.05, 4.69) is 33.0 Å². The molecule has 4 heteroatoms. The van der Waals surface area contributed by atoms with Gasteiger partial charge >= 0.3 is 0 Å². The van der Waals surface area contributed by atoms with Crippen LogP contribution in [-0.2, 0) is 9.53 Å². The molecule has 1 aliphatic heterocycles. The average molecular weight is 270 g/mol. The quantitative estimate of drug-likeness (QED) is 0.736. The summed E-state index contributed by atoms with van der Waals surface area (Å²) in [6, 6.07) is 0.166. The number of hydrogen-bond donors (Lipinski definition) is 1. The van der Waals surface area contributed by atoms with Crippen LogP contribution >= 0.6 is 0 Å². The van der Waals surface area contributed by atoms with Gasteiger partial charge in [-0.15, -0.1) is 0 Å². The summed E-state index contributed by atoms with van der Waals surface area (Å²) >= 11 is 0. The van der Waals surface area contributed by atoms with Crippen LogP contribution in [0, 0.1) is 5.92 Å². The smallest absolute Gasteiger partial charge is 0.241 e. The maximum atomic E-state index is 12.5. The zero-order valence-corrected chi connectivity index (χ0v) is 13.1. The number of ether oxygens (including phenoxy) is 1. The van der Waals surface area contributed by atoms with E-state index in [1.165, 1.54) is 0 Å². The number of nitrogens with zero attached hydrogens (tertiary/aromatic N) is 1. The predicted octanol–water partition coefficient (Wildman–Crippen LogP) is 2.38. The lowest BCUT2D eigenvalue weighted by atomic mass is 10.0. The van der Waals surface area contributed by atoms with Crippen molar-refractivity contribution in [1.82, 2.24) is 10.2 Å². The van der Waals surface area contributed by atoms with Gasteiger partial charge in [0.2, 0.25) is 5.91 Å². The highest BCUT2D eigenvalue weighted by atomic mass is 16.5. The van der Waals surface area contributed by atoms with Crippen LogP contribution in [0.1, 0.15) is 53.9 Å². The van der Waals surface area contributed by atoms with E-state index in [0.717, 1.165) is 19.3 Å². The summed E-state index contributed by atoms with van der Waals surface area (Å²) in [6.45, 7) is 11.9. The van der Waals surface area contributed by atoms with E-state index in [1.54, 1.807) is 0 Å². The van der Waals surface area contributed by atoms with Crippen LogP contribution in [0.3, 0.4) is 0 Å². The highest BCUT2D eigenvalue weighted by Gasteiger charge is 2.40. The Hall–Kier alpha value is -0.610. The standard InChI is InChI=1S/C15H30N2O2/c1-6-8-9-13-15(18)17(12(5)16-13)14(11(3)4)10-19-7-2/h11-14,16H,6-10H2,1-5H3. The van der Waals surface area contributed by atoms with Gasteiger partial charge in [0.1, 0.15) is 0 Å². The molecule has 1 aliphatic rings. The predicted molar refractivity (Wildman–Crippen MR) is 77.9 cm³/mol. The SMILES string of the molecule is CCCCC1NC(C)N(C(COCC)C(C)C)C1=O. The first-order chi connectivity index (χ1) is 9.02.